The number of hydrogen-bond acceptors (Lipinski definition) is 5. The first-order valence-electron chi connectivity index (χ1n) is 9.05. The minimum absolute atomic E-state index is 0.0524. The van der Waals surface area contributed by atoms with Crippen LogP contribution in [0.4, 0.5) is 0 Å². The fourth-order valence-corrected chi connectivity index (χ4v) is 3.49. The number of carboxylic acid groups (broad SMARTS) is 1. The Hall–Kier alpha value is -2.98. The normalized spacial score (nSPS) is 12.2. The van der Waals surface area contributed by atoms with Gasteiger partial charge in [-0.1, -0.05) is 37.6 Å². The molecular weight excluding hydrogens is 374 g/mol. The lowest BCUT2D eigenvalue weighted by molar-refractivity contribution is -0.137. The standard InChI is InChI=1S/C21H23N3O3S/c1-3-4-18(16-8-5-15(6-9-16)7-10-20(25)26)24(2)21(27)17(14-22)13-19-23-11-12-28-19/h5-6,8-9,11-13,18H,3-4,7,10H2,1-2H3,(H,25,26)/b17-13+. The number of carbonyl (C=O) groups excluding carboxylic acids is 1. The zero-order chi connectivity index (χ0) is 20.5. The van der Waals surface area contributed by atoms with E-state index in [9.17, 15) is 14.9 Å². The quantitative estimate of drug-likeness (QED) is 0.508. The molecule has 7 heteroatoms. The van der Waals surface area contributed by atoms with E-state index in [1.165, 1.54) is 17.4 Å². The molecule has 1 amide bonds. The second-order valence-corrected chi connectivity index (χ2v) is 7.32. The topological polar surface area (TPSA) is 94.3 Å². The largest absolute Gasteiger partial charge is 0.481 e. The molecule has 2 aromatic rings. The van der Waals surface area contributed by atoms with Gasteiger partial charge in [-0.15, -0.1) is 11.3 Å². The first kappa shape index (κ1) is 21.3. The molecule has 0 aliphatic rings. The maximum absolute atomic E-state index is 12.9. The minimum Gasteiger partial charge on any atom is -0.481 e. The van der Waals surface area contributed by atoms with Crippen LogP contribution in [0.25, 0.3) is 6.08 Å². The van der Waals surface area contributed by atoms with Crippen LogP contribution in [0, 0.1) is 11.3 Å². The second kappa shape index (κ2) is 10.4. The average Bonchev–Trinajstić information content (AvgIpc) is 3.21. The molecule has 1 atom stereocenters. The van der Waals surface area contributed by atoms with Gasteiger partial charge in [-0.3, -0.25) is 9.59 Å². The molecular formula is C21H23N3O3S. The van der Waals surface area contributed by atoms with Gasteiger partial charge in [0.1, 0.15) is 16.6 Å². The van der Waals surface area contributed by atoms with Gasteiger partial charge < -0.3 is 10.0 Å². The molecule has 0 aliphatic carbocycles. The Labute approximate surface area is 168 Å². The van der Waals surface area contributed by atoms with Crippen LogP contribution >= 0.6 is 11.3 Å². The van der Waals surface area contributed by atoms with Crippen LogP contribution in [-0.2, 0) is 16.0 Å². The Morgan fingerprint density at radius 3 is 2.61 bits per heavy atom. The highest BCUT2D eigenvalue weighted by atomic mass is 32.1. The van der Waals surface area contributed by atoms with Gasteiger partial charge in [-0.25, -0.2) is 4.98 Å². The molecule has 6 nitrogen and oxygen atoms in total. The Kier molecular flexibility index (Phi) is 7.90. The van der Waals surface area contributed by atoms with E-state index < -0.39 is 5.97 Å². The van der Waals surface area contributed by atoms with Gasteiger partial charge in [0.15, 0.2) is 0 Å². The summed E-state index contributed by atoms with van der Waals surface area (Å²) in [5.74, 6) is -1.17. The Morgan fingerprint density at radius 1 is 1.36 bits per heavy atom. The molecule has 0 saturated carbocycles. The number of carbonyl (C=O) groups is 2. The van der Waals surface area contributed by atoms with E-state index in [4.69, 9.17) is 5.11 Å². The maximum atomic E-state index is 12.9. The average molecular weight is 398 g/mol. The smallest absolute Gasteiger partial charge is 0.303 e. The van der Waals surface area contributed by atoms with E-state index in [-0.39, 0.29) is 23.9 Å². The zero-order valence-electron chi connectivity index (χ0n) is 16.0. The van der Waals surface area contributed by atoms with Crippen LogP contribution in [0.2, 0.25) is 0 Å². The Morgan fingerprint density at radius 2 is 2.07 bits per heavy atom. The van der Waals surface area contributed by atoms with E-state index >= 15 is 0 Å². The monoisotopic (exact) mass is 397 g/mol. The van der Waals surface area contributed by atoms with Gasteiger partial charge in [0.25, 0.3) is 5.91 Å². The van der Waals surface area contributed by atoms with Crippen molar-refractivity contribution in [1.29, 1.82) is 5.26 Å². The predicted molar refractivity (Wildman–Crippen MR) is 109 cm³/mol. The number of nitriles is 1. The fourth-order valence-electron chi connectivity index (χ4n) is 2.92. The van der Waals surface area contributed by atoms with Crippen LogP contribution < -0.4 is 0 Å². The second-order valence-electron chi connectivity index (χ2n) is 6.40. The van der Waals surface area contributed by atoms with Gasteiger partial charge in [0, 0.05) is 25.0 Å². The van der Waals surface area contributed by atoms with E-state index in [2.05, 4.69) is 4.98 Å². The van der Waals surface area contributed by atoms with E-state index in [1.807, 2.05) is 37.3 Å². The van der Waals surface area contributed by atoms with Crippen molar-refractivity contribution < 1.29 is 14.7 Å². The van der Waals surface area contributed by atoms with Crippen molar-refractivity contribution in [2.24, 2.45) is 0 Å². The molecule has 0 aliphatic heterocycles. The molecule has 0 bridgehead atoms. The summed E-state index contributed by atoms with van der Waals surface area (Å²) >= 11 is 1.37. The number of thiazole rings is 1. The Bertz CT molecular complexity index is 867. The van der Waals surface area contributed by atoms with Crippen molar-refractivity contribution >= 4 is 29.3 Å². The van der Waals surface area contributed by atoms with E-state index in [1.54, 1.807) is 23.5 Å². The SMILES string of the molecule is CCCC(c1ccc(CCC(=O)O)cc1)N(C)C(=O)/C(C#N)=C/c1nccs1. The van der Waals surface area contributed by atoms with Crippen molar-refractivity contribution in [3.8, 4) is 6.07 Å². The lowest BCUT2D eigenvalue weighted by Crippen LogP contribution is -2.32. The molecule has 1 aromatic heterocycles. The summed E-state index contributed by atoms with van der Waals surface area (Å²) in [6.45, 7) is 2.04. The number of hydrogen-bond donors (Lipinski definition) is 1. The maximum Gasteiger partial charge on any atom is 0.303 e. The highest BCUT2D eigenvalue weighted by molar-refractivity contribution is 7.10. The lowest BCUT2D eigenvalue weighted by Gasteiger charge is -2.28. The highest BCUT2D eigenvalue weighted by Gasteiger charge is 2.24. The van der Waals surface area contributed by atoms with Crippen molar-refractivity contribution in [2.45, 2.75) is 38.6 Å². The summed E-state index contributed by atoms with van der Waals surface area (Å²) in [5, 5.41) is 20.7. The first-order valence-corrected chi connectivity index (χ1v) is 9.93. The van der Waals surface area contributed by atoms with Gasteiger partial charge in [-0.2, -0.15) is 5.26 Å². The summed E-state index contributed by atoms with van der Waals surface area (Å²) in [7, 11) is 1.70. The summed E-state index contributed by atoms with van der Waals surface area (Å²) in [6.07, 6.45) is 5.34. The zero-order valence-corrected chi connectivity index (χ0v) is 16.8. The molecule has 0 fully saturated rings. The van der Waals surface area contributed by atoms with Crippen LogP contribution in [0.5, 0.6) is 0 Å². The van der Waals surface area contributed by atoms with Gasteiger partial charge >= 0.3 is 5.97 Å². The van der Waals surface area contributed by atoms with Crippen LogP contribution in [0.15, 0.2) is 41.4 Å². The van der Waals surface area contributed by atoms with Crippen molar-refractivity contribution in [3.05, 3.63) is 57.6 Å². The van der Waals surface area contributed by atoms with Crippen molar-refractivity contribution in [1.82, 2.24) is 9.88 Å². The minimum atomic E-state index is -0.825. The lowest BCUT2D eigenvalue weighted by atomic mass is 9.98. The summed E-state index contributed by atoms with van der Waals surface area (Å²) in [4.78, 5) is 29.3. The molecule has 1 unspecified atom stereocenters. The molecule has 1 N–H and O–H groups in total. The molecule has 0 spiro atoms. The number of rotatable bonds is 9. The molecule has 146 valence electrons. The van der Waals surface area contributed by atoms with Gasteiger partial charge in [0.2, 0.25) is 0 Å². The molecule has 1 heterocycles. The predicted octanol–water partition coefficient (Wildman–Crippen LogP) is 4.07. The summed E-state index contributed by atoms with van der Waals surface area (Å²) in [5.41, 5.74) is 1.96. The van der Waals surface area contributed by atoms with E-state index in [0.717, 1.165) is 24.0 Å². The van der Waals surface area contributed by atoms with Crippen molar-refractivity contribution in [2.75, 3.05) is 7.05 Å². The summed E-state index contributed by atoms with van der Waals surface area (Å²) < 4.78 is 0. The molecule has 28 heavy (non-hydrogen) atoms. The number of benzene rings is 1. The molecule has 0 saturated heterocycles. The summed E-state index contributed by atoms with van der Waals surface area (Å²) in [6, 6.07) is 9.47. The van der Waals surface area contributed by atoms with E-state index in [0.29, 0.717) is 11.4 Å². The number of nitrogens with zero attached hydrogens (tertiary/aromatic N) is 3. The number of aliphatic carboxylic acids is 1. The number of aryl methyl sites for hydroxylation is 1. The molecule has 0 radical (unpaired) electrons. The Balaban J connectivity index is 2.20. The number of carboxylic acids is 1. The molecule has 1 aromatic carbocycles. The molecule has 2 rings (SSSR count). The third kappa shape index (κ3) is 5.76. The van der Waals surface area contributed by atoms with Gasteiger partial charge in [0.05, 0.1) is 6.04 Å². The third-order valence-corrected chi connectivity index (χ3v) is 5.13. The highest BCUT2D eigenvalue weighted by Crippen LogP contribution is 2.27. The number of likely N-dealkylation sites (N-methyl/N-ethyl adjacent to an activating group) is 1. The van der Waals surface area contributed by atoms with Crippen LogP contribution in [-0.4, -0.2) is 33.9 Å². The van der Waals surface area contributed by atoms with Crippen LogP contribution in [0.1, 0.15) is 48.4 Å². The number of aromatic nitrogens is 1. The van der Waals surface area contributed by atoms with Crippen molar-refractivity contribution in [3.63, 3.8) is 0 Å². The van der Waals surface area contributed by atoms with Gasteiger partial charge in [-0.05, 0) is 30.0 Å². The number of amides is 1. The van der Waals surface area contributed by atoms with Crippen LogP contribution in [0.3, 0.4) is 0 Å². The fraction of sp³-hybridized carbons (Fsp3) is 0.333. The first-order chi connectivity index (χ1) is 13.5. The third-order valence-electron chi connectivity index (χ3n) is 4.41.